The number of H-pyrrole nitrogens is 1. The maximum atomic E-state index is 11.7. The molecule has 2 heterocycles. The lowest BCUT2D eigenvalue weighted by molar-refractivity contribution is -0.134. The average molecular weight is 317 g/mol. The van der Waals surface area contributed by atoms with E-state index in [1.54, 1.807) is 0 Å². The molecule has 0 spiro atoms. The maximum Gasteiger partial charge on any atom is 0.300 e. The monoisotopic (exact) mass is 317 g/mol. The number of hydrogen-bond donors (Lipinski definition) is 3. The Morgan fingerprint density at radius 3 is 2.83 bits per heavy atom. The van der Waals surface area contributed by atoms with E-state index < -0.39 is 5.97 Å². The second-order valence-electron chi connectivity index (χ2n) is 5.69. The van der Waals surface area contributed by atoms with Gasteiger partial charge in [-0.05, 0) is 30.5 Å². The van der Waals surface area contributed by atoms with Crippen LogP contribution in [0.15, 0.2) is 24.4 Å². The fraction of sp³-hybridized carbons (Fsp3) is 0.412. The van der Waals surface area contributed by atoms with Crippen LogP contribution in [0.1, 0.15) is 18.1 Å². The lowest BCUT2D eigenvalue weighted by atomic mass is 10.1. The number of piperazine rings is 1. The van der Waals surface area contributed by atoms with Crippen molar-refractivity contribution in [2.45, 2.75) is 20.3 Å². The standard InChI is InChI=1S/C15H19N3O.C2H4O2/c1-11-2-3-13-12(9-17-14(13)8-11)4-6-18-7-5-16-10-15(18)19;1-2(3)4/h2-3,8-9,16-17H,4-7,10H2,1H3;1H3,(H,3,4). The summed E-state index contributed by atoms with van der Waals surface area (Å²) in [5.41, 5.74) is 3.74. The van der Waals surface area contributed by atoms with Crippen LogP contribution in [0.4, 0.5) is 0 Å². The van der Waals surface area contributed by atoms with Gasteiger partial charge in [0, 0.05) is 43.7 Å². The van der Waals surface area contributed by atoms with E-state index in [0.29, 0.717) is 6.54 Å². The zero-order chi connectivity index (χ0) is 16.8. The molecule has 23 heavy (non-hydrogen) atoms. The molecule has 1 aromatic heterocycles. The number of fused-ring (bicyclic) bond motifs is 1. The SMILES string of the molecule is CC(=O)O.Cc1ccc2c(CCN3CCNCC3=O)c[nH]c2c1. The maximum absolute atomic E-state index is 11.7. The number of aryl methyl sites for hydroxylation is 1. The number of aromatic amines is 1. The minimum Gasteiger partial charge on any atom is -0.481 e. The summed E-state index contributed by atoms with van der Waals surface area (Å²) in [6.07, 6.45) is 2.98. The van der Waals surface area contributed by atoms with Gasteiger partial charge in [-0.1, -0.05) is 12.1 Å². The fourth-order valence-corrected chi connectivity index (χ4v) is 2.64. The number of benzene rings is 1. The summed E-state index contributed by atoms with van der Waals surface area (Å²) in [5, 5.41) is 11.8. The van der Waals surface area contributed by atoms with Crippen LogP contribution in [-0.2, 0) is 16.0 Å². The fourth-order valence-electron chi connectivity index (χ4n) is 2.64. The van der Waals surface area contributed by atoms with Crippen molar-refractivity contribution in [1.82, 2.24) is 15.2 Å². The number of nitrogens with one attached hydrogen (secondary N) is 2. The van der Waals surface area contributed by atoms with Crippen LogP contribution >= 0.6 is 0 Å². The van der Waals surface area contributed by atoms with Crippen LogP contribution in [0.25, 0.3) is 10.9 Å². The van der Waals surface area contributed by atoms with Gasteiger partial charge >= 0.3 is 0 Å². The second-order valence-corrected chi connectivity index (χ2v) is 5.69. The number of aliphatic carboxylic acids is 1. The zero-order valence-electron chi connectivity index (χ0n) is 13.6. The van der Waals surface area contributed by atoms with E-state index in [9.17, 15) is 4.79 Å². The number of rotatable bonds is 3. The number of carbonyl (C=O) groups excluding carboxylic acids is 1. The first-order chi connectivity index (χ1) is 11.0. The summed E-state index contributed by atoms with van der Waals surface area (Å²) in [6.45, 7) is 6.19. The summed E-state index contributed by atoms with van der Waals surface area (Å²) >= 11 is 0. The van der Waals surface area contributed by atoms with Crippen molar-refractivity contribution in [2.75, 3.05) is 26.2 Å². The third-order valence-electron chi connectivity index (χ3n) is 3.76. The molecule has 3 N–H and O–H groups in total. The van der Waals surface area contributed by atoms with Crippen molar-refractivity contribution in [3.63, 3.8) is 0 Å². The van der Waals surface area contributed by atoms with Gasteiger partial charge in [-0.25, -0.2) is 0 Å². The Kier molecular flexibility index (Phi) is 5.76. The molecule has 0 radical (unpaired) electrons. The smallest absolute Gasteiger partial charge is 0.300 e. The van der Waals surface area contributed by atoms with E-state index in [2.05, 4.69) is 41.6 Å². The number of nitrogens with zero attached hydrogens (tertiary/aromatic N) is 1. The van der Waals surface area contributed by atoms with Gasteiger partial charge < -0.3 is 20.3 Å². The van der Waals surface area contributed by atoms with Gasteiger partial charge in [-0.3, -0.25) is 9.59 Å². The Labute approximate surface area is 135 Å². The quantitative estimate of drug-likeness (QED) is 0.801. The van der Waals surface area contributed by atoms with E-state index >= 15 is 0 Å². The van der Waals surface area contributed by atoms with Gasteiger partial charge in [-0.15, -0.1) is 0 Å². The summed E-state index contributed by atoms with van der Waals surface area (Å²) < 4.78 is 0. The number of aromatic nitrogens is 1. The molecule has 124 valence electrons. The van der Waals surface area contributed by atoms with E-state index in [-0.39, 0.29) is 5.91 Å². The van der Waals surface area contributed by atoms with Crippen LogP contribution in [0.5, 0.6) is 0 Å². The molecule has 0 unspecified atom stereocenters. The first-order valence-corrected chi connectivity index (χ1v) is 7.72. The van der Waals surface area contributed by atoms with E-state index in [1.165, 1.54) is 22.0 Å². The second kappa shape index (κ2) is 7.78. The number of amides is 1. The summed E-state index contributed by atoms with van der Waals surface area (Å²) in [4.78, 5) is 26.0. The number of hydrogen-bond acceptors (Lipinski definition) is 3. The molecule has 6 nitrogen and oxygen atoms in total. The first-order valence-electron chi connectivity index (χ1n) is 7.72. The van der Waals surface area contributed by atoms with Crippen molar-refractivity contribution in [3.05, 3.63) is 35.5 Å². The number of carboxylic acids is 1. The zero-order valence-corrected chi connectivity index (χ0v) is 13.6. The van der Waals surface area contributed by atoms with Gasteiger partial charge in [0.05, 0.1) is 6.54 Å². The molecule has 1 aliphatic heterocycles. The minimum absolute atomic E-state index is 0.210. The highest BCUT2D eigenvalue weighted by Gasteiger charge is 2.17. The Hall–Kier alpha value is -2.34. The predicted octanol–water partition coefficient (Wildman–Crippen LogP) is 1.54. The Morgan fingerprint density at radius 2 is 2.13 bits per heavy atom. The Balaban J connectivity index is 0.000000433. The molecule has 1 fully saturated rings. The first kappa shape index (κ1) is 17.0. The Bertz CT molecular complexity index is 689. The molecular formula is C17H23N3O3. The molecule has 2 aromatic rings. The van der Waals surface area contributed by atoms with Crippen LogP contribution in [-0.4, -0.2) is 53.0 Å². The van der Waals surface area contributed by atoms with Gasteiger partial charge in [0.25, 0.3) is 5.97 Å². The van der Waals surface area contributed by atoms with Crippen molar-refractivity contribution in [3.8, 4) is 0 Å². The molecule has 1 aliphatic rings. The number of carboxylic acid groups (broad SMARTS) is 1. The lowest BCUT2D eigenvalue weighted by Crippen LogP contribution is -2.48. The van der Waals surface area contributed by atoms with Crippen LogP contribution < -0.4 is 5.32 Å². The summed E-state index contributed by atoms with van der Waals surface area (Å²) in [5.74, 6) is -0.623. The highest BCUT2D eigenvalue weighted by molar-refractivity contribution is 5.84. The third-order valence-corrected chi connectivity index (χ3v) is 3.76. The molecule has 0 atom stereocenters. The van der Waals surface area contributed by atoms with Gasteiger partial charge in [0.2, 0.25) is 5.91 Å². The van der Waals surface area contributed by atoms with Gasteiger partial charge in [0.15, 0.2) is 0 Å². The van der Waals surface area contributed by atoms with Crippen molar-refractivity contribution in [1.29, 1.82) is 0 Å². The molecule has 3 rings (SSSR count). The van der Waals surface area contributed by atoms with E-state index in [4.69, 9.17) is 9.90 Å². The Morgan fingerprint density at radius 1 is 1.39 bits per heavy atom. The molecule has 6 heteroatoms. The molecule has 0 saturated carbocycles. The van der Waals surface area contributed by atoms with Gasteiger partial charge in [0.1, 0.15) is 0 Å². The topological polar surface area (TPSA) is 85.4 Å². The van der Waals surface area contributed by atoms with Crippen molar-refractivity contribution < 1.29 is 14.7 Å². The van der Waals surface area contributed by atoms with Crippen LogP contribution in [0, 0.1) is 6.92 Å². The van der Waals surface area contributed by atoms with E-state index in [1.807, 2.05) is 4.90 Å². The van der Waals surface area contributed by atoms with Gasteiger partial charge in [-0.2, -0.15) is 0 Å². The predicted molar refractivity (Wildman–Crippen MR) is 89.5 cm³/mol. The normalized spacial score (nSPS) is 14.5. The molecular weight excluding hydrogens is 294 g/mol. The number of carbonyl (C=O) groups is 2. The van der Waals surface area contributed by atoms with Crippen LogP contribution in [0.3, 0.4) is 0 Å². The van der Waals surface area contributed by atoms with Crippen molar-refractivity contribution in [2.24, 2.45) is 0 Å². The molecule has 0 aliphatic carbocycles. The molecule has 1 saturated heterocycles. The minimum atomic E-state index is -0.833. The largest absolute Gasteiger partial charge is 0.481 e. The average Bonchev–Trinajstić information content (AvgIpc) is 2.88. The third kappa shape index (κ3) is 4.82. The van der Waals surface area contributed by atoms with Crippen molar-refractivity contribution >= 4 is 22.8 Å². The molecule has 1 aromatic carbocycles. The lowest BCUT2D eigenvalue weighted by Gasteiger charge is -2.27. The summed E-state index contributed by atoms with van der Waals surface area (Å²) in [6, 6.07) is 6.46. The van der Waals surface area contributed by atoms with E-state index in [0.717, 1.165) is 33.0 Å². The highest BCUT2D eigenvalue weighted by Crippen LogP contribution is 2.20. The molecule has 0 bridgehead atoms. The highest BCUT2D eigenvalue weighted by atomic mass is 16.4. The molecule has 1 amide bonds. The van der Waals surface area contributed by atoms with Crippen LogP contribution in [0.2, 0.25) is 0 Å². The summed E-state index contributed by atoms with van der Waals surface area (Å²) in [7, 11) is 0.